The summed E-state index contributed by atoms with van der Waals surface area (Å²) in [7, 11) is 1.79. The fraction of sp³-hybridized carbons (Fsp3) is 0.714. The SMILES string of the molecule is CCCNc1cncc(N2CCC(C)C(OC)C2)n1. The lowest BCUT2D eigenvalue weighted by Crippen LogP contribution is -2.44. The normalized spacial score (nSPS) is 23.4. The van der Waals surface area contributed by atoms with Crippen LogP contribution in [0.25, 0.3) is 0 Å². The van der Waals surface area contributed by atoms with Gasteiger partial charge in [-0.1, -0.05) is 13.8 Å². The molecule has 5 nitrogen and oxygen atoms in total. The standard InChI is InChI=1S/C14H24N4O/c1-4-6-16-13-8-15-9-14(17-13)18-7-5-11(2)12(10-18)19-3/h8-9,11-12H,4-7,10H2,1-3H3,(H,16,17). The molecule has 0 saturated carbocycles. The molecule has 2 atom stereocenters. The minimum absolute atomic E-state index is 0.280. The van der Waals surface area contributed by atoms with Crippen LogP contribution in [0.3, 0.4) is 0 Å². The Morgan fingerprint density at radius 1 is 1.47 bits per heavy atom. The second-order valence-electron chi connectivity index (χ2n) is 5.18. The van der Waals surface area contributed by atoms with E-state index < -0.39 is 0 Å². The summed E-state index contributed by atoms with van der Waals surface area (Å²) in [5.41, 5.74) is 0. The van der Waals surface area contributed by atoms with Gasteiger partial charge in [-0.2, -0.15) is 0 Å². The molecule has 0 aromatic carbocycles. The van der Waals surface area contributed by atoms with E-state index in [4.69, 9.17) is 4.74 Å². The molecular formula is C14H24N4O. The van der Waals surface area contributed by atoms with E-state index in [1.165, 1.54) is 0 Å². The van der Waals surface area contributed by atoms with Crippen LogP contribution in [-0.4, -0.2) is 42.8 Å². The van der Waals surface area contributed by atoms with Crippen LogP contribution >= 0.6 is 0 Å². The van der Waals surface area contributed by atoms with Gasteiger partial charge in [0.15, 0.2) is 0 Å². The largest absolute Gasteiger partial charge is 0.379 e. The van der Waals surface area contributed by atoms with E-state index >= 15 is 0 Å². The topological polar surface area (TPSA) is 50.3 Å². The fourth-order valence-electron chi connectivity index (χ4n) is 2.40. The first-order chi connectivity index (χ1) is 9.24. The van der Waals surface area contributed by atoms with Gasteiger partial charge >= 0.3 is 0 Å². The van der Waals surface area contributed by atoms with Crippen LogP contribution in [0.15, 0.2) is 12.4 Å². The molecule has 1 aliphatic rings. The van der Waals surface area contributed by atoms with Crippen LogP contribution in [0.1, 0.15) is 26.7 Å². The predicted octanol–water partition coefficient (Wildman–Crippen LogP) is 2.16. The highest BCUT2D eigenvalue weighted by Gasteiger charge is 2.26. The molecule has 2 heterocycles. The van der Waals surface area contributed by atoms with Gasteiger partial charge < -0.3 is 15.0 Å². The number of rotatable bonds is 5. The third-order valence-electron chi connectivity index (χ3n) is 3.69. The summed E-state index contributed by atoms with van der Waals surface area (Å²) in [6.45, 7) is 7.22. The fourth-order valence-corrected chi connectivity index (χ4v) is 2.40. The molecule has 1 aromatic heterocycles. The van der Waals surface area contributed by atoms with Crippen molar-refractivity contribution < 1.29 is 4.74 Å². The summed E-state index contributed by atoms with van der Waals surface area (Å²) in [5, 5.41) is 3.28. The van der Waals surface area contributed by atoms with Crippen molar-refractivity contribution in [3.05, 3.63) is 12.4 Å². The lowest BCUT2D eigenvalue weighted by molar-refractivity contribution is 0.0496. The van der Waals surface area contributed by atoms with Crippen molar-refractivity contribution >= 4 is 11.6 Å². The molecule has 1 N–H and O–H groups in total. The van der Waals surface area contributed by atoms with Gasteiger partial charge in [-0.15, -0.1) is 0 Å². The Hall–Kier alpha value is -1.36. The van der Waals surface area contributed by atoms with E-state index in [-0.39, 0.29) is 6.10 Å². The number of aromatic nitrogens is 2. The van der Waals surface area contributed by atoms with Crippen LogP contribution < -0.4 is 10.2 Å². The second-order valence-corrected chi connectivity index (χ2v) is 5.18. The molecule has 1 fully saturated rings. The summed E-state index contributed by atoms with van der Waals surface area (Å²) in [6, 6.07) is 0. The molecule has 0 aliphatic carbocycles. The van der Waals surface area contributed by atoms with Gasteiger partial charge in [0.2, 0.25) is 0 Å². The Bertz CT molecular complexity index is 399. The number of hydrogen-bond acceptors (Lipinski definition) is 5. The Morgan fingerprint density at radius 2 is 2.32 bits per heavy atom. The summed E-state index contributed by atoms with van der Waals surface area (Å²) < 4.78 is 5.54. The molecule has 19 heavy (non-hydrogen) atoms. The van der Waals surface area contributed by atoms with Gasteiger partial charge in [0, 0.05) is 26.7 Å². The zero-order chi connectivity index (χ0) is 13.7. The van der Waals surface area contributed by atoms with E-state index in [9.17, 15) is 0 Å². The van der Waals surface area contributed by atoms with Gasteiger partial charge in [-0.3, -0.25) is 4.98 Å². The molecular weight excluding hydrogens is 240 g/mol. The highest BCUT2D eigenvalue weighted by Crippen LogP contribution is 2.23. The Balaban J connectivity index is 2.04. The van der Waals surface area contributed by atoms with E-state index in [1.807, 2.05) is 6.20 Å². The quantitative estimate of drug-likeness (QED) is 0.883. The average Bonchev–Trinajstić information content (AvgIpc) is 2.46. The molecule has 0 spiro atoms. The third kappa shape index (κ3) is 3.56. The molecule has 2 unspecified atom stereocenters. The number of ether oxygens (including phenoxy) is 1. The van der Waals surface area contributed by atoms with Crippen molar-refractivity contribution in [3.8, 4) is 0 Å². The smallest absolute Gasteiger partial charge is 0.149 e. The first kappa shape index (κ1) is 14.1. The third-order valence-corrected chi connectivity index (χ3v) is 3.69. The average molecular weight is 264 g/mol. The van der Waals surface area contributed by atoms with Gasteiger partial charge in [0.1, 0.15) is 11.6 Å². The molecule has 2 rings (SSSR count). The zero-order valence-corrected chi connectivity index (χ0v) is 12.1. The van der Waals surface area contributed by atoms with E-state index in [2.05, 4.69) is 34.0 Å². The van der Waals surface area contributed by atoms with E-state index in [1.54, 1.807) is 13.3 Å². The molecule has 0 amide bonds. The maximum Gasteiger partial charge on any atom is 0.149 e. The van der Waals surface area contributed by atoms with Crippen molar-refractivity contribution in [1.82, 2.24) is 9.97 Å². The minimum atomic E-state index is 0.280. The summed E-state index contributed by atoms with van der Waals surface area (Å²) in [5.74, 6) is 2.40. The van der Waals surface area contributed by atoms with Crippen molar-refractivity contribution in [1.29, 1.82) is 0 Å². The van der Waals surface area contributed by atoms with E-state index in [0.717, 1.165) is 44.1 Å². The number of anilines is 2. The highest BCUT2D eigenvalue weighted by molar-refractivity contribution is 5.44. The summed E-state index contributed by atoms with van der Waals surface area (Å²) in [6.07, 6.45) is 6.10. The van der Waals surface area contributed by atoms with Crippen LogP contribution in [0.4, 0.5) is 11.6 Å². The Labute approximate surface area is 115 Å². The number of piperidine rings is 1. The van der Waals surface area contributed by atoms with Crippen molar-refractivity contribution in [2.75, 3.05) is 37.0 Å². The molecule has 1 aromatic rings. The Morgan fingerprint density at radius 3 is 3.05 bits per heavy atom. The van der Waals surface area contributed by atoms with Gasteiger partial charge in [0.05, 0.1) is 18.5 Å². The van der Waals surface area contributed by atoms with E-state index in [0.29, 0.717) is 5.92 Å². The van der Waals surface area contributed by atoms with Crippen molar-refractivity contribution in [2.24, 2.45) is 5.92 Å². The number of methoxy groups -OCH3 is 1. The lowest BCUT2D eigenvalue weighted by Gasteiger charge is -2.36. The molecule has 0 radical (unpaired) electrons. The van der Waals surface area contributed by atoms with Crippen molar-refractivity contribution in [3.63, 3.8) is 0 Å². The van der Waals surface area contributed by atoms with Crippen LogP contribution in [0.2, 0.25) is 0 Å². The van der Waals surface area contributed by atoms with Crippen molar-refractivity contribution in [2.45, 2.75) is 32.8 Å². The Kier molecular flexibility index (Phi) is 4.96. The number of nitrogens with one attached hydrogen (secondary N) is 1. The molecule has 5 heteroatoms. The maximum absolute atomic E-state index is 5.54. The lowest BCUT2D eigenvalue weighted by atomic mass is 9.96. The molecule has 0 bridgehead atoms. The van der Waals surface area contributed by atoms with Gasteiger partial charge in [0.25, 0.3) is 0 Å². The minimum Gasteiger partial charge on any atom is -0.379 e. The predicted molar refractivity (Wildman–Crippen MR) is 77.6 cm³/mol. The zero-order valence-electron chi connectivity index (χ0n) is 12.1. The highest BCUT2D eigenvalue weighted by atomic mass is 16.5. The van der Waals surface area contributed by atoms with Crippen LogP contribution in [-0.2, 0) is 4.74 Å². The molecule has 1 aliphatic heterocycles. The molecule has 1 saturated heterocycles. The second kappa shape index (κ2) is 6.70. The van der Waals surface area contributed by atoms with Gasteiger partial charge in [-0.25, -0.2) is 4.98 Å². The first-order valence-electron chi connectivity index (χ1n) is 7.08. The summed E-state index contributed by atoms with van der Waals surface area (Å²) in [4.78, 5) is 11.2. The summed E-state index contributed by atoms with van der Waals surface area (Å²) >= 11 is 0. The maximum atomic E-state index is 5.54. The number of hydrogen-bond donors (Lipinski definition) is 1. The van der Waals surface area contributed by atoms with Crippen LogP contribution in [0, 0.1) is 5.92 Å². The van der Waals surface area contributed by atoms with Crippen LogP contribution in [0.5, 0.6) is 0 Å². The first-order valence-corrected chi connectivity index (χ1v) is 7.08. The number of nitrogens with zero attached hydrogens (tertiary/aromatic N) is 3. The molecule has 106 valence electrons. The monoisotopic (exact) mass is 264 g/mol. The van der Waals surface area contributed by atoms with Gasteiger partial charge in [-0.05, 0) is 18.8 Å².